The van der Waals surface area contributed by atoms with Crippen molar-refractivity contribution in [2.45, 2.75) is 58.1 Å². The van der Waals surface area contributed by atoms with Crippen molar-refractivity contribution in [1.82, 2.24) is 0 Å². The normalized spacial score (nSPS) is 20.8. The molecule has 110 valence electrons. The van der Waals surface area contributed by atoms with Crippen LogP contribution in [0.2, 0.25) is 0 Å². The zero-order chi connectivity index (χ0) is 14.4. The summed E-state index contributed by atoms with van der Waals surface area (Å²) in [5.41, 5.74) is 7.70. The van der Waals surface area contributed by atoms with E-state index in [1.807, 2.05) is 25.1 Å². The summed E-state index contributed by atoms with van der Waals surface area (Å²) < 4.78 is 6.03. The van der Waals surface area contributed by atoms with Gasteiger partial charge in [0.1, 0.15) is 5.84 Å². The van der Waals surface area contributed by atoms with E-state index in [1.54, 1.807) is 0 Å². The molecular weight excluding hydrogens is 248 g/mol. The third kappa shape index (κ3) is 3.04. The van der Waals surface area contributed by atoms with Crippen molar-refractivity contribution in [3.63, 3.8) is 0 Å². The molecule has 1 aliphatic rings. The fraction of sp³-hybridized carbons (Fsp3) is 0.588. The first-order valence-electron chi connectivity index (χ1n) is 7.82. The van der Waals surface area contributed by atoms with Crippen molar-refractivity contribution >= 4 is 5.84 Å². The maximum Gasteiger partial charge on any atom is 0.187 e. The molecule has 1 aromatic carbocycles. The highest BCUT2D eigenvalue weighted by atomic mass is 16.5. The van der Waals surface area contributed by atoms with Crippen LogP contribution in [0.25, 0.3) is 0 Å². The van der Waals surface area contributed by atoms with Crippen LogP contribution in [-0.2, 0) is 10.5 Å². The summed E-state index contributed by atoms with van der Waals surface area (Å²) in [6.45, 7) is 4.91. The molecule has 3 heteroatoms. The number of amidine groups is 1. The van der Waals surface area contributed by atoms with E-state index in [-0.39, 0.29) is 0 Å². The standard InChI is InChI=1S/C17H26N2O/c1-3-5-6-7-10-13-17(20-4-2)15-12-9-8-11-14(15)16(18)19-17/h8-9,11-12H,3-7,10,13H2,1-2H3,(H2,18,19). The van der Waals surface area contributed by atoms with Crippen LogP contribution < -0.4 is 5.73 Å². The fourth-order valence-electron chi connectivity index (χ4n) is 2.94. The number of nitrogens with two attached hydrogens (primary N) is 1. The number of hydrogen-bond donors (Lipinski definition) is 1. The highest BCUT2D eigenvalue weighted by Gasteiger charge is 2.39. The number of hydrogen-bond acceptors (Lipinski definition) is 3. The molecule has 0 radical (unpaired) electrons. The molecule has 1 heterocycles. The topological polar surface area (TPSA) is 47.6 Å². The summed E-state index contributed by atoms with van der Waals surface area (Å²) in [5, 5.41) is 0. The zero-order valence-corrected chi connectivity index (χ0v) is 12.7. The third-order valence-corrected chi connectivity index (χ3v) is 3.93. The molecular formula is C17H26N2O. The number of unbranched alkanes of at least 4 members (excludes halogenated alkanes) is 4. The lowest BCUT2D eigenvalue weighted by atomic mass is 9.94. The van der Waals surface area contributed by atoms with Gasteiger partial charge in [0.15, 0.2) is 5.72 Å². The van der Waals surface area contributed by atoms with Crippen LogP contribution in [0.15, 0.2) is 29.3 Å². The predicted molar refractivity (Wildman–Crippen MR) is 83.8 cm³/mol. The average molecular weight is 274 g/mol. The van der Waals surface area contributed by atoms with E-state index < -0.39 is 5.72 Å². The van der Waals surface area contributed by atoms with Gasteiger partial charge in [-0.25, -0.2) is 4.99 Å². The Balaban J connectivity index is 2.11. The Morgan fingerprint density at radius 1 is 1.10 bits per heavy atom. The first-order valence-corrected chi connectivity index (χ1v) is 7.82. The molecule has 0 saturated heterocycles. The van der Waals surface area contributed by atoms with Gasteiger partial charge in [0.25, 0.3) is 0 Å². The molecule has 0 saturated carbocycles. The van der Waals surface area contributed by atoms with Gasteiger partial charge in [0.2, 0.25) is 0 Å². The van der Waals surface area contributed by atoms with Gasteiger partial charge < -0.3 is 10.5 Å². The molecule has 1 unspecified atom stereocenters. The second-order valence-electron chi connectivity index (χ2n) is 5.42. The van der Waals surface area contributed by atoms with E-state index in [9.17, 15) is 0 Å². The van der Waals surface area contributed by atoms with E-state index in [4.69, 9.17) is 10.5 Å². The highest BCUT2D eigenvalue weighted by Crippen LogP contribution is 2.39. The van der Waals surface area contributed by atoms with Crippen molar-refractivity contribution in [3.05, 3.63) is 35.4 Å². The third-order valence-electron chi connectivity index (χ3n) is 3.93. The van der Waals surface area contributed by atoms with Gasteiger partial charge in [-0.3, -0.25) is 0 Å². The fourth-order valence-corrected chi connectivity index (χ4v) is 2.94. The van der Waals surface area contributed by atoms with Gasteiger partial charge in [0.05, 0.1) is 0 Å². The molecule has 1 aliphatic heterocycles. The van der Waals surface area contributed by atoms with Gasteiger partial charge in [-0.1, -0.05) is 56.9 Å². The minimum atomic E-state index is -0.540. The van der Waals surface area contributed by atoms with Crippen molar-refractivity contribution in [3.8, 4) is 0 Å². The van der Waals surface area contributed by atoms with E-state index in [0.717, 1.165) is 24.0 Å². The molecule has 3 nitrogen and oxygen atoms in total. The first kappa shape index (κ1) is 15.0. The summed E-state index contributed by atoms with van der Waals surface area (Å²) in [5.74, 6) is 0.614. The largest absolute Gasteiger partial charge is 0.383 e. The lowest BCUT2D eigenvalue weighted by molar-refractivity contribution is -0.0430. The number of benzene rings is 1. The Bertz CT molecular complexity index is 470. The Morgan fingerprint density at radius 3 is 2.60 bits per heavy atom. The van der Waals surface area contributed by atoms with E-state index in [0.29, 0.717) is 12.4 Å². The second kappa shape index (κ2) is 6.89. The molecule has 0 spiro atoms. The van der Waals surface area contributed by atoms with Gasteiger partial charge in [-0.05, 0) is 13.3 Å². The van der Waals surface area contributed by atoms with Crippen LogP contribution in [-0.4, -0.2) is 12.4 Å². The maximum atomic E-state index is 6.07. The van der Waals surface area contributed by atoms with Crippen LogP contribution in [0, 0.1) is 0 Å². The Labute approximate surface area is 122 Å². The van der Waals surface area contributed by atoms with Gasteiger partial charge >= 0.3 is 0 Å². The van der Waals surface area contributed by atoms with Gasteiger partial charge in [-0.15, -0.1) is 0 Å². The number of ether oxygens (including phenoxy) is 1. The molecule has 20 heavy (non-hydrogen) atoms. The predicted octanol–water partition coefficient (Wildman–Crippen LogP) is 3.96. The van der Waals surface area contributed by atoms with Crippen molar-refractivity contribution < 1.29 is 4.74 Å². The first-order chi connectivity index (χ1) is 9.73. The van der Waals surface area contributed by atoms with E-state index in [1.165, 1.54) is 25.7 Å². The van der Waals surface area contributed by atoms with Gasteiger partial charge in [0, 0.05) is 24.2 Å². The molecule has 1 atom stereocenters. The lowest BCUT2D eigenvalue weighted by Crippen LogP contribution is -2.26. The highest BCUT2D eigenvalue weighted by molar-refractivity contribution is 6.01. The summed E-state index contributed by atoms with van der Waals surface area (Å²) in [6.07, 6.45) is 7.15. The summed E-state index contributed by atoms with van der Waals surface area (Å²) in [7, 11) is 0. The Morgan fingerprint density at radius 2 is 1.85 bits per heavy atom. The van der Waals surface area contributed by atoms with Crippen LogP contribution in [0.1, 0.15) is 63.5 Å². The van der Waals surface area contributed by atoms with E-state index in [2.05, 4.69) is 18.0 Å². The Hall–Kier alpha value is -1.35. The number of fused-ring (bicyclic) bond motifs is 1. The SMILES string of the molecule is CCCCCCCC1(OCC)N=C(N)c2ccccc21. The number of aliphatic imine (C=N–C) groups is 1. The monoisotopic (exact) mass is 274 g/mol. The summed E-state index contributed by atoms with van der Waals surface area (Å²) in [4.78, 5) is 4.67. The second-order valence-corrected chi connectivity index (χ2v) is 5.42. The molecule has 2 rings (SSSR count). The maximum absolute atomic E-state index is 6.07. The van der Waals surface area contributed by atoms with Gasteiger partial charge in [-0.2, -0.15) is 0 Å². The van der Waals surface area contributed by atoms with Crippen LogP contribution >= 0.6 is 0 Å². The summed E-state index contributed by atoms with van der Waals surface area (Å²) >= 11 is 0. The van der Waals surface area contributed by atoms with Crippen LogP contribution in [0.5, 0.6) is 0 Å². The Kier molecular flexibility index (Phi) is 5.18. The number of nitrogens with zero attached hydrogens (tertiary/aromatic N) is 1. The lowest BCUT2D eigenvalue weighted by Gasteiger charge is -2.27. The molecule has 0 aromatic heterocycles. The van der Waals surface area contributed by atoms with Crippen LogP contribution in [0.4, 0.5) is 0 Å². The number of rotatable bonds is 8. The van der Waals surface area contributed by atoms with E-state index >= 15 is 0 Å². The molecule has 0 fully saturated rings. The molecule has 0 aliphatic carbocycles. The quantitative estimate of drug-likeness (QED) is 0.729. The molecule has 0 amide bonds. The van der Waals surface area contributed by atoms with Crippen molar-refractivity contribution in [2.75, 3.05) is 6.61 Å². The van der Waals surface area contributed by atoms with Crippen LogP contribution in [0.3, 0.4) is 0 Å². The summed E-state index contributed by atoms with van der Waals surface area (Å²) in [6, 6.07) is 8.18. The van der Waals surface area contributed by atoms with Crippen molar-refractivity contribution in [1.29, 1.82) is 0 Å². The average Bonchev–Trinajstić information content (AvgIpc) is 2.73. The molecule has 1 aromatic rings. The minimum Gasteiger partial charge on any atom is -0.383 e. The molecule has 2 N–H and O–H groups in total. The van der Waals surface area contributed by atoms with Crippen molar-refractivity contribution in [2.24, 2.45) is 10.7 Å². The zero-order valence-electron chi connectivity index (χ0n) is 12.7. The minimum absolute atomic E-state index is 0.540. The molecule has 0 bridgehead atoms. The smallest absolute Gasteiger partial charge is 0.187 e.